The van der Waals surface area contributed by atoms with E-state index in [0.717, 1.165) is 28.8 Å². The standard InChI is InChI=1S/C22H22N2O4S2/c1-4-14(2)28-18-8-6-5-7-16(18)13-19-21(26)24(22(29)30-19)23-20(25)15-9-11-17(27-3)12-10-15/h5-14H,4H2,1-3H3,(H,23,25)/b19-13+. The number of hydrazine groups is 1. The van der Waals surface area contributed by atoms with Crippen LogP contribution in [0.1, 0.15) is 36.2 Å². The molecule has 6 nitrogen and oxygen atoms in total. The number of ether oxygens (including phenoxy) is 2. The molecule has 1 unspecified atom stereocenters. The van der Waals surface area contributed by atoms with Gasteiger partial charge >= 0.3 is 0 Å². The first kappa shape index (κ1) is 21.9. The number of thioether (sulfide) groups is 1. The summed E-state index contributed by atoms with van der Waals surface area (Å²) in [4.78, 5) is 25.8. The zero-order chi connectivity index (χ0) is 21.7. The van der Waals surface area contributed by atoms with Crippen LogP contribution in [-0.2, 0) is 4.79 Å². The molecular weight excluding hydrogens is 420 g/mol. The number of rotatable bonds is 7. The van der Waals surface area contributed by atoms with Gasteiger partial charge in [0.25, 0.3) is 11.8 Å². The Bertz CT molecular complexity index is 989. The van der Waals surface area contributed by atoms with Crippen molar-refractivity contribution >= 4 is 46.2 Å². The van der Waals surface area contributed by atoms with Crippen LogP contribution < -0.4 is 14.9 Å². The van der Waals surface area contributed by atoms with Crippen molar-refractivity contribution in [2.45, 2.75) is 26.4 Å². The number of hydrogen-bond donors (Lipinski definition) is 1. The van der Waals surface area contributed by atoms with Gasteiger partial charge in [-0.3, -0.25) is 15.0 Å². The van der Waals surface area contributed by atoms with Crippen LogP contribution in [0.25, 0.3) is 6.08 Å². The molecule has 1 aliphatic heterocycles. The Kier molecular flexibility index (Phi) is 7.12. The first-order chi connectivity index (χ1) is 14.4. The van der Waals surface area contributed by atoms with Gasteiger partial charge in [-0.25, -0.2) is 0 Å². The third kappa shape index (κ3) is 5.01. The maximum atomic E-state index is 12.9. The molecule has 0 radical (unpaired) electrons. The predicted molar refractivity (Wildman–Crippen MR) is 122 cm³/mol. The van der Waals surface area contributed by atoms with Crippen LogP contribution in [0.4, 0.5) is 0 Å². The zero-order valence-corrected chi connectivity index (χ0v) is 18.5. The highest BCUT2D eigenvalue weighted by Gasteiger charge is 2.34. The Hall–Kier alpha value is -2.84. The van der Waals surface area contributed by atoms with Crippen molar-refractivity contribution in [2.75, 3.05) is 7.11 Å². The highest BCUT2D eigenvalue weighted by Crippen LogP contribution is 2.33. The Morgan fingerprint density at radius 1 is 1.23 bits per heavy atom. The number of nitrogens with zero attached hydrogens (tertiary/aromatic N) is 1. The van der Waals surface area contributed by atoms with E-state index in [0.29, 0.717) is 22.0 Å². The van der Waals surface area contributed by atoms with Crippen molar-refractivity contribution < 1.29 is 19.1 Å². The molecule has 2 aromatic rings. The van der Waals surface area contributed by atoms with Crippen LogP contribution in [0.15, 0.2) is 53.4 Å². The van der Waals surface area contributed by atoms with Crippen LogP contribution in [0, 0.1) is 0 Å². The van der Waals surface area contributed by atoms with E-state index in [1.807, 2.05) is 38.1 Å². The fourth-order valence-electron chi connectivity index (χ4n) is 2.62. The average Bonchev–Trinajstić information content (AvgIpc) is 3.02. The molecule has 1 fully saturated rings. The second-order valence-electron chi connectivity index (χ2n) is 6.56. The third-order valence-electron chi connectivity index (χ3n) is 4.47. The number of amides is 2. The minimum absolute atomic E-state index is 0.0536. The molecule has 1 saturated heterocycles. The lowest BCUT2D eigenvalue weighted by Crippen LogP contribution is -2.44. The van der Waals surface area contributed by atoms with E-state index in [9.17, 15) is 9.59 Å². The van der Waals surface area contributed by atoms with E-state index in [1.54, 1.807) is 37.5 Å². The van der Waals surface area contributed by atoms with Gasteiger partial charge in [0.2, 0.25) is 0 Å². The molecule has 0 spiro atoms. The molecule has 2 amide bonds. The lowest BCUT2D eigenvalue weighted by atomic mass is 10.1. The van der Waals surface area contributed by atoms with Gasteiger partial charge < -0.3 is 9.47 Å². The molecule has 0 aliphatic carbocycles. The predicted octanol–water partition coefficient (Wildman–Crippen LogP) is 4.42. The van der Waals surface area contributed by atoms with Crippen LogP contribution in [0.2, 0.25) is 0 Å². The highest BCUT2D eigenvalue weighted by atomic mass is 32.2. The fourth-order valence-corrected chi connectivity index (χ4v) is 3.79. The smallest absolute Gasteiger partial charge is 0.285 e. The monoisotopic (exact) mass is 442 g/mol. The van der Waals surface area contributed by atoms with E-state index < -0.39 is 5.91 Å². The lowest BCUT2D eigenvalue weighted by molar-refractivity contribution is -0.123. The summed E-state index contributed by atoms with van der Waals surface area (Å²) in [6.07, 6.45) is 2.66. The summed E-state index contributed by atoms with van der Waals surface area (Å²) in [7, 11) is 1.55. The molecule has 1 atom stereocenters. The number of thiocarbonyl (C=S) groups is 1. The number of hydrogen-bond acceptors (Lipinski definition) is 6. The van der Waals surface area contributed by atoms with Crippen LogP contribution in [-0.4, -0.2) is 34.4 Å². The molecule has 30 heavy (non-hydrogen) atoms. The Morgan fingerprint density at radius 3 is 2.60 bits per heavy atom. The summed E-state index contributed by atoms with van der Waals surface area (Å²) in [5.74, 6) is 0.513. The fraction of sp³-hybridized carbons (Fsp3) is 0.227. The Balaban J connectivity index is 1.77. The molecule has 0 saturated carbocycles. The summed E-state index contributed by atoms with van der Waals surface area (Å²) in [6, 6.07) is 14.1. The molecule has 8 heteroatoms. The SMILES string of the molecule is CCC(C)Oc1ccccc1/C=C1/SC(=S)N(NC(=O)c2ccc(OC)cc2)C1=O. The normalized spacial score (nSPS) is 16.0. The first-order valence-electron chi connectivity index (χ1n) is 9.41. The maximum Gasteiger partial charge on any atom is 0.285 e. The topological polar surface area (TPSA) is 67.9 Å². The Labute approximate surface area is 185 Å². The first-order valence-corrected chi connectivity index (χ1v) is 10.6. The quantitative estimate of drug-likeness (QED) is 0.506. The molecule has 1 heterocycles. The van der Waals surface area contributed by atoms with Crippen molar-refractivity contribution in [1.29, 1.82) is 0 Å². The summed E-state index contributed by atoms with van der Waals surface area (Å²) >= 11 is 6.43. The molecule has 1 N–H and O–H groups in total. The number of carbonyl (C=O) groups excluding carboxylic acids is 2. The van der Waals surface area contributed by atoms with Crippen LogP contribution in [0.3, 0.4) is 0 Å². The van der Waals surface area contributed by atoms with E-state index >= 15 is 0 Å². The number of methoxy groups -OCH3 is 1. The van der Waals surface area contributed by atoms with E-state index in [-0.39, 0.29) is 16.3 Å². The van der Waals surface area contributed by atoms with Gasteiger partial charge in [-0.2, -0.15) is 5.01 Å². The second-order valence-corrected chi connectivity index (χ2v) is 8.24. The second kappa shape index (κ2) is 9.77. The molecule has 1 aliphatic rings. The van der Waals surface area contributed by atoms with Crippen molar-refractivity contribution in [2.24, 2.45) is 0 Å². The molecule has 0 bridgehead atoms. The van der Waals surface area contributed by atoms with Gasteiger partial charge in [0.1, 0.15) is 11.5 Å². The number of benzene rings is 2. The van der Waals surface area contributed by atoms with Crippen LogP contribution >= 0.6 is 24.0 Å². The summed E-state index contributed by atoms with van der Waals surface area (Å²) in [6.45, 7) is 4.04. The third-order valence-corrected chi connectivity index (χ3v) is 5.77. The van der Waals surface area contributed by atoms with Crippen molar-refractivity contribution in [3.05, 3.63) is 64.6 Å². The maximum absolute atomic E-state index is 12.9. The largest absolute Gasteiger partial charge is 0.497 e. The summed E-state index contributed by atoms with van der Waals surface area (Å²) in [5, 5.41) is 1.09. The molecule has 2 aromatic carbocycles. The van der Waals surface area contributed by atoms with Gasteiger partial charge in [0.05, 0.1) is 18.1 Å². The van der Waals surface area contributed by atoms with Crippen molar-refractivity contribution in [3.8, 4) is 11.5 Å². The van der Waals surface area contributed by atoms with E-state index in [2.05, 4.69) is 5.43 Å². The minimum atomic E-state index is -0.435. The number of para-hydroxylation sites is 1. The zero-order valence-electron chi connectivity index (χ0n) is 16.9. The van der Waals surface area contributed by atoms with Gasteiger partial charge in [0, 0.05) is 11.1 Å². The van der Waals surface area contributed by atoms with E-state index in [1.165, 1.54) is 0 Å². The van der Waals surface area contributed by atoms with Gasteiger partial charge in [0.15, 0.2) is 4.32 Å². The summed E-state index contributed by atoms with van der Waals surface area (Å²) < 4.78 is 11.3. The van der Waals surface area contributed by atoms with Crippen molar-refractivity contribution in [3.63, 3.8) is 0 Å². The number of nitrogens with one attached hydrogen (secondary N) is 1. The number of carbonyl (C=O) groups is 2. The van der Waals surface area contributed by atoms with Crippen molar-refractivity contribution in [1.82, 2.24) is 10.4 Å². The highest BCUT2D eigenvalue weighted by molar-refractivity contribution is 8.26. The van der Waals surface area contributed by atoms with Gasteiger partial charge in [-0.15, -0.1) is 0 Å². The van der Waals surface area contributed by atoms with E-state index in [4.69, 9.17) is 21.7 Å². The van der Waals surface area contributed by atoms with Gasteiger partial charge in [-0.1, -0.05) is 36.9 Å². The van der Waals surface area contributed by atoms with Gasteiger partial charge in [-0.05, 0) is 62.0 Å². The average molecular weight is 443 g/mol. The molecule has 156 valence electrons. The van der Waals surface area contributed by atoms with Crippen LogP contribution in [0.5, 0.6) is 11.5 Å². The summed E-state index contributed by atoms with van der Waals surface area (Å²) in [5.41, 5.74) is 3.74. The molecule has 3 rings (SSSR count). The minimum Gasteiger partial charge on any atom is -0.497 e. The molecule has 0 aromatic heterocycles. The molecular formula is C22H22N2O4S2. The lowest BCUT2D eigenvalue weighted by Gasteiger charge is -2.16. The Morgan fingerprint density at radius 2 is 1.93 bits per heavy atom.